The zero-order valence-electron chi connectivity index (χ0n) is 51.3. The molecule has 0 aliphatic carbocycles. The molecule has 0 atom stereocenters. The number of hydrogen-bond donors (Lipinski definition) is 3. The summed E-state index contributed by atoms with van der Waals surface area (Å²) in [4.78, 5) is 31.7. The molecule has 13 aromatic rings. The first-order valence-corrected chi connectivity index (χ1v) is 33.3. The Morgan fingerprint density at radius 2 is 0.967 bits per heavy atom. The number of hydrogen-bond acceptors (Lipinski definition) is 18. The van der Waals surface area contributed by atoms with Crippen LogP contribution in [0.1, 0.15) is 77.7 Å². The Labute approximate surface area is 535 Å². The smallest absolute Gasteiger partial charge is 0.196 e. The van der Waals surface area contributed by atoms with Crippen LogP contribution in [0.3, 0.4) is 0 Å². The van der Waals surface area contributed by atoms with Gasteiger partial charge in [0.25, 0.3) is 0 Å². The van der Waals surface area contributed by atoms with Gasteiger partial charge in [-0.25, -0.2) is 56.6 Å². The van der Waals surface area contributed by atoms with Gasteiger partial charge in [0.15, 0.2) is 50.4 Å². The average molecular weight is 1280 g/mol. The Kier molecular flexibility index (Phi) is 16.9. The summed E-state index contributed by atoms with van der Waals surface area (Å²) >= 11 is 4.67. The molecular formula is C67H68F3N17OS3. The number of fused-ring (bicyclic) bond motifs is 6. The van der Waals surface area contributed by atoms with Gasteiger partial charge in [0.05, 0.1) is 71.9 Å². The summed E-state index contributed by atoms with van der Waals surface area (Å²) in [6.45, 7) is 14.2. The second-order valence-electron chi connectivity index (χ2n) is 23.8. The number of nitrogens with zero attached hydrogens (tertiary/aromatic N) is 14. The number of aromatic nitrogens is 12. The number of thiazole rings is 3. The highest BCUT2D eigenvalue weighted by Crippen LogP contribution is 2.39. The first-order valence-electron chi connectivity index (χ1n) is 30.8. The van der Waals surface area contributed by atoms with Gasteiger partial charge in [0, 0.05) is 54.9 Å². The molecule has 0 spiro atoms. The van der Waals surface area contributed by atoms with E-state index in [1.54, 1.807) is 36.2 Å². The van der Waals surface area contributed by atoms with E-state index in [9.17, 15) is 8.78 Å². The van der Waals surface area contributed by atoms with Crippen molar-refractivity contribution in [2.45, 2.75) is 90.8 Å². The zero-order valence-corrected chi connectivity index (χ0v) is 53.8. The maximum Gasteiger partial charge on any atom is 0.196 e. The summed E-state index contributed by atoms with van der Waals surface area (Å²) in [5.41, 5.74) is 12.6. The van der Waals surface area contributed by atoms with Crippen molar-refractivity contribution in [2.24, 2.45) is 0 Å². The molecule has 16 rings (SSSR count). The molecule has 0 bridgehead atoms. The minimum Gasteiger partial charge on any atom is -0.485 e. The predicted octanol–water partition coefficient (Wildman–Crippen LogP) is 13.1. The fourth-order valence-corrected chi connectivity index (χ4v) is 15.5. The molecule has 3 N–H and O–H groups in total. The van der Waals surface area contributed by atoms with Gasteiger partial charge in [-0.1, -0.05) is 53.0 Å². The second-order valence-corrected chi connectivity index (χ2v) is 26.8. The molecule has 18 nitrogen and oxygen atoms in total. The van der Waals surface area contributed by atoms with Crippen molar-refractivity contribution in [3.05, 3.63) is 160 Å². The zero-order chi connectivity index (χ0) is 62.4. The number of halogens is 3. The highest BCUT2D eigenvalue weighted by molar-refractivity contribution is 7.22. The van der Waals surface area contributed by atoms with Crippen molar-refractivity contribution in [3.63, 3.8) is 0 Å². The van der Waals surface area contributed by atoms with E-state index in [-0.39, 0.29) is 17.5 Å². The largest absolute Gasteiger partial charge is 0.485 e. The fourth-order valence-electron chi connectivity index (χ4n) is 12.2. The molecule has 0 radical (unpaired) electrons. The van der Waals surface area contributed by atoms with E-state index in [0.29, 0.717) is 69.5 Å². The summed E-state index contributed by atoms with van der Waals surface area (Å²) in [6.07, 6.45) is 12.0. The van der Waals surface area contributed by atoms with Gasteiger partial charge in [-0.2, -0.15) is 15.3 Å². The molecule has 3 aliphatic rings. The van der Waals surface area contributed by atoms with Crippen LogP contribution in [0.15, 0.2) is 110 Å². The lowest BCUT2D eigenvalue weighted by molar-refractivity contribution is 0.307. The van der Waals surface area contributed by atoms with Crippen LogP contribution in [0.5, 0.6) is 5.75 Å². The minimum absolute atomic E-state index is 0.305. The molecule has 12 heterocycles. The first-order chi connectivity index (χ1) is 44.2. The van der Waals surface area contributed by atoms with Crippen LogP contribution in [0.2, 0.25) is 0 Å². The van der Waals surface area contributed by atoms with Gasteiger partial charge in [-0.15, -0.1) is 11.3 Å². The normalized spacial score (nSPS) is 15.2. The van der Waals surface area contributed by atoms with Crippen LogP contribution >= 0.6 is 34.0 Å². The van der Waals surface area contributed by atoms with Crippen molar-refractivity contribution in [3.8, 4) is 39.5 Å². The highest BCUT2D eigenvalue weighted by Gasteiger charge is 2.26. The molecule has 0 saturated carbocycles. The van der Waals surface area contributed by atoms with E-state index in [0.717, 1.165) is 163 Å². The number of nitrogens with one attached hydrogen (secondary N) is 3. The van der Waals surface area contributed by atoms with Gasteiger partial charge in [0.2, 0.25) is 0 Å². The second kappa shape index (κ2) is 25.6. The molecule has 3 fully saturated rings. The SMILES string of the molecule is Cc1cn2nc(-c3cc(F)c4nc(C5CCNCC5)sc4c3)cc(OCc3ccccc3)c2n1.Cc1cn2nc(-c3cc(F)c4nc(N(C)C5CCNCC5)sc4c3)cc(C)c2n1.Cc1cn2nc(-c3cc(F)c4nc(N(C)C5CCNCC5)sc4c3)ccc2n1. The van der Waals surface area contributed by atoms with Gasteiger partial charge in [-0.05, 0) is 171 Å². The molecular weight excluding hydrogens is 1210 g/mol. The quantitative estimate of drug-likeness (QED) is 0.111. The number of aryl methyl sites for hydroxylation is 4. The summed E-state index contributed by atoms with van der Waals surface area (Å²) in [5.74, 6) is 0.0712. The van der Waals surface area contributed by atoms with Crippen molar-refractivity contribution in [1.82, 2.24) is 74.7 Å². The fraction of sp³-hybridized carbons (Fsp3) is 0.328. The maximum absolute atomic E-state index is 15.2. The van der Waals surface area contributed by atoms with Crippen LogP contribution in [-0.4, -0.2) is 124 Å². The van der Waals surface area contributed by atoms with Gasteiger partial charge >= 0.3 is 0 Å². The Hall–Kier alpha value is -8.52. The van der Waals surface area contributed by atoms with Gasteiger partial charge < -0.3 is 30.5 Å². The third kappa shape index (κ3) is 12.7. The third-order valence-corrected chi connectivity index (χ3v) is 20.5. The van der Waals surface area contributed by atoms with E-state index in [2.05, 4.69) is 79.9 Å². The number of rotatable bonds is 11. The molecule has 0 amide bonds. The van der Waals surface area contributed by atoms with E-state index >= 15 is 4.39 Å². The lowest BCUT2D eigenvalue weighted by Gasteiger charge is -2.31. The van der Waals surface area contributed by atoms with Gasteiger partial charge in [-0.3, -0.25) is 0 Å². The van der Waals surface area contributed by atoms with Gasteiger partial charge in [0.1, 0.15) is 23.2 Å². The number of anilines is 2. The molecule has 9 aromatic heterocycles. The van der Waals surface area contributed by atoms with Crippen LogP contribution in [0, 0.1) is 45.1 Å². The van der Waals surface area contributed by atoms with Crippen LogP contribution in [0.4, 0.5) is 23.4 Å². The summed E-state index contributed by atoms with van der Waals surface area (Å²) < 4.78 is 58.8. The Bertz CT molecular complexity index is 4790. The molecule has 0 unspecified atom stereocenters. The predicted molar refractivity (Wildman–Crippen MR) is 358 cm³/mol. The third-order valence-electron chi connectivity index (χ3n) is 17.2. The number of benzene rings is 4. The van der Waals surface area contributed by atoms with E-state index < -0.39 is 0 Å². The number of imidazole rings is 3. The lowest BCUT2D eigenvalue weighted by atomic mass is 9.99. The Balaban J connectivity index is 0.000000120. The molecule has 3 aliphatic heterocycles. The van der Waals surface area contributed by atoms with Crippen molar-refractivity contribution in [1.29, 1.82) is 0 Å². The van der Waals surface area contributed by atoms with Crippen LogP contribution in [-0.2, 0) is 6.61 Å². The summed E-state index contributed by atoms with van der Waals surface area (Å²) in [7, 11) is 4.12. The Morgan fingerprint density at radius 3 is 1.55 bits per heavy atom. The van der Waals surface area contributed by atoms with E-state index in [1.165, 1.54) is 29.5 Å². The first kappa shape index (κ1) is 60.1. The van der Waals surface area contributed by atoms with Crippen molar-refractivity contribution < 1.29 is 17.9 Å². The van der Waals surface area contributed by atoms with E-state index in [1.807, 2.05) is 119 Å². The van der Waals surface area contributed by atoms with E-state index in [4.69, 9.17) is 9.84 Å². The topological polar surface area (TPSA) is 181 Å². The minimum atomic E-state index is -0.320. The molecule has 4 aromatic carbocycles. The van der Waals surface area contributed by atoms with Crippen molar-refractivity contribution in [2.75, 3.05) is 63.2 Å². The lowest BCUT2D eigenvalue weighted by Crippen LogP contribution is -2.41. The summed E-state index contributed by atoms with van der Waals surface area (Å²) in [5, 5.41) is 26.8. The highest BCUT2D eigenvalue weighted by atomic mass is 32.1. The molecule has 3 saturated heterocycles. The average Bonchev–Trinajstić information content (AvgIpc) is 1.78. The maximum atomic E-state index is 15.2. The molecule has 466 valence electrons. The number of ether oxygens (including phenoxy) is 1. The molecule has 91 heavy (non-hydrogen) atoms. The monoisotopic (exact) mass is 1280 g/mol. The van der Waals surface area contributed by atoms with Crippen LogP contribution < -0.4 is 30.5 Å². The standard InChI is InChI=1S/C26H24FN5OS.C21H23FN6S.C20H21FN6S/c1-16-14-32-25(29-16)22(33-15-17-5-3-2-4-6-17)13-21(31-32)19-11-20(27)24-23(12-19)34-26(30-24)18-7-9-28-10-8-18;1-12-8-17(26-28-11-13(2)24-20(12)28)14-9-16(22)19-18(10-14)29-21(25-19)27(3)15-4-6-23-7-5-15;1-12-11-27-18(23-12)4-3-16(25-27)13-9-15(21)19-17(10-13)28-20(24-19)26(2)14-5-7-22-8-6-14/h2-6,11-14,18,28H,7-10,15H2,1H3;8-11,15,23H,4-7H2,1-3H3;3-4,9-11,14,22H,5-8H2,1-2H3. The number of piperidine rings is 3. The summed E-state index contributed by atoms with van der Waals surface area (Å²) in [6, 6.07) is 29.0. The Morgan fingerprint density at radius 1 is 0.495 bits per heavy atom. The van der Waals surface area contributed by atoms with Crippen molar-refractivity contribution >= 4 is 91.9 Å². The molecule has 24 heteroatoms. The van der Waals surface area contributed by atoms with Crippen LogP contribution in [0.25, 0.3) is 81.4 Å².